The maximum Gasteiger partial charge on any atom is 0.165 e. The number of halogens is 2. The van der Waals surface area contributed by atoms with Gasteiger partial charge >= 0.3 is 0 Å². The third-order valence-corrected chi connectivity index (χ3v) is 4.14. The van der Waals surface area contributed by atoms with Crippen LogP contribution in [0.25, 0.3) is 0 Å². The highest BCUT2D eigenvalue weighted by Crippen LogP contribution is 2.24. The van der Waals surface area contributed by atoms with Gasteiger partial charge in [0.25, 0.3) is 0 Å². The van der Waals surface area contributed by atoms with Crippen LogP contribution in [-0.2, 0) is 6.61 Å². The Hall–Kier alpha value is -0.910. The maximum atomic E-state index is 13.7. The summed E-state index contributed by atoms with van der Waals surface area (Å²) in [6, 6.07) is 6.61. The molecule has 0 bridgehead atoms. The molecule has 2 nitrogen and oxygen atoms in total. The van der Waals surface area contributed by atoms with Crippen molar-refractivity contribution in [2.24, 2.45) is 5.73 Å². The Bertz CT molecular complexity index is 542. The highest BCUT2D eigenvalue weighted by atomic mass is 79.9. The fourth-order valence-electron chi connectivity index (χ4n) is 1.50. The highest BCUT2D eigenvalue weighted by molar-refractivity contribution is 9.10. The molecular formula is C13H13BrFNOS. The van der Waals surface area contributed by atoms with Gasteiger partial charge in [0.05, 0.1) is 0 Å². The highest BCUT2D eigenvalue weighted by Gasteiger charge is 2.08. The summed E-state index contributed by atoms with van der Waals surface area (Å²) >= 11 is 4.93. The minimum absolute atomic E-state index is 0.179. The first-order valence-corrected chi connectivity index (χ1v) is 7.14. The number of nitrogens with two attached hydrogens (primary N) is 1. The summed E-state index contributed by atoms with van der Waals surface area (Å²) in [6.07, 6.45) is 0. The van der Waals surface area contributed by atoms with Gasteiger partial charge in [-0.1, -0.05) is 6.07 Å². The molecule has 2 rings (SSSR count). The molecule has 0 saturated carbocycles. The molecular weight excluding hydrogens is 317 g/mol. The summed E-state index contributed by atoms with van der Waals surface area (Å²) < 4.78 is 20.2. The minimum atomic E-state index is -0.375. The first kappa shape index (κ1) is 13.5. The summed E-state index contributed by atoms with van der Waals surface area (Å²) in [6.45, 7) is 2.18. The van der Waals surface area contributed by atoms with Crippen molar-refractivity contribution >= 4 is 27.3 Å². The van der Waals surface area contributed by atoms with Crippen molar-refractivity contribution in [2.75, 3.05) is 0 Å². The van der Waals surface area contributed by atoms with Gasteiger partial charge in [-0.15, -0.1) is 11.3 Å². The van der Waals surface area contributed by atoms with Crippen LogP contribution in [0.3, 0.4) is 0 Å². The third kappa shape index (κ3) is 3.31. The van der Waals surface area contributed by atoms with Crippen LogP contribution in [0, 0.1) is 5.82 Å². The van der Waals surface area contributed by atoms with Gasteiger partial charge in [-0.2, -0.15) is 0 Å². The average molecular weight is 330 g/mol. The lowest BCUT2D eigenvalue weighted by Gasteiger charge is -2.09. The second-order valence-electron chi connectivity index (χ2n) is 4.00. The fraction of sp³-hybridized carbons (Fsp3) is 0.231. The van der Waals surface area contributed by atoms with E-state index < -0.39 is 0 Å². The van der Waals surface area contributed by atoms with Gasteiger partial charge in [0.2, 0.25) is 0 Å². The molecule has 1 aromatic carbocycles. The van der Waals surface area contributed by atoms with Crippen LogP contribution >= 0.6 is 27.3 Å². The summed E-state index contributed by atoms with van der Waals surface area (Å²) in [7, 11) is 0. The van der Waals surface area contributed by atoms with Crippen LogP contribution in [-0.4, -0.2) is 0 Å². The molecule has 2 aromatic rings. The zero-order valence-electron chi connectivity index (χ0n) is 9.82. The van der Waals surface area contributed by atoms with E-state index in [0.29, 0.717) is 6.61 Å². The molecule has 0 aliphatic rings. The topological polar surface area (TPSA) is 35.2 Å². The number of benzene rings is 1. The van der Waals surface area contributed by atoms with Crippen molar-refractivity contribution in [2.45, 2.75) is 19.6 Å². The Labute approximate surface area is 118 Å². The molecule has 5 heteroatoms. The minimum Gasteiger partial charge on any atom is -0.485 e. The van der Waals surface area contributed by atoms with Gasteiger partial charge in [0.15, 0.2) is 11.6 Å². The van der Waals surface area contributed by atoms with Crippen molar-refractivity contribution in [3.63, 3.8) is 0 Å². The Balaban J connectivity index is 2.05. The Morgan fingerprint density at radius 2 is 2.22 bits per heavy atom. The quantitative estimate of drug-likeness (QED) is 0.910. The Kier molecular flexibility index (Phi) is 4.37. The maximum absolute atomic E-state index is 13.7. The van der Waals surface area contributed by atoms with Crippen LogP contribution in [0.15, 0.2) is 34.1 Å². The molecule has 0 unspecified atom stereocenters. The summed E-state index contributed by atoms with van der Waals surface area (Å²) in [4.78, 5) is 1.04. The van der Waals surface area contributed by atoms with Gasteiger partial charge in [0.1, 0.15) is 6.61 Å². The SMILES string of the molecule is C[C@H](N)c1ccc(OCc2cc(Br)cs2)c(F)c1. The molecule has 18 heavy (non-hydrogen) atoms. The van der Waals surface area contributed by atoms with E-state index in [9.17, 15) is 4.39 Å². The van der Waals surface area contributed by atoms with Crippen LogP contribution in [0.1, 0.15) is 23.4 Å². The second-order valence-corrected chi connectivity index (χ2v) is 5.91. The molecule has 0 saturated heterocycles. The fourth-order valence-corrected chi connectivity index (χ4v) is 2.86. The first-order valence-electron chi connectivity index (χ1n) is 5.47. The lowest BCUT2D eigenvalue weighted by atomic mass is 10.1. The molecule has 0 aliphatic heterocycles. The van der Waals surface area contributed by atoms with Crippen molar-refractivity contribution in [3.8, 4) is 5.75 Å². The molecule has 0 spiro atoms. The predicted octanol–water partition coefficient (Wildman–Crippen LogP) is 4.25. The van der Waals surface area contributed by atoms with E-state index in [1.165, 1.54) is 6.07 Å². The van der Waals surface area contributed by atoms with E-state index >= 15 is 0 Å². The van der Waals surface area contributed by atoms with Gasteiger partial charge in [0, 0.05) is 20.8 Å². The zero-order chi connectivity index (χ0) is 13.1. The van der Waals surface area contributed by atoms with Crippen LogP contribution in [0.2, 0.25) is 0 Å². The van der Waals surface area contributed by atoms with E-state index in [0.717, 1.165) is 14.9 Å². The van der Waals surface area contributed by atoms with Crippen LogP contribution in [0.4, 0.5) is 4.39 Å². The number of ether oxygens (including phenoxy) is 1. The Morgan fingerprint density at radius 3 is 2.78 bits per heavy atom. The third-order valence-electron chi connectivity index (χ3n) is 2.47. The van der Waals surface area contributed by atoms with E-state index in [4.69, 9.17) is 10.5 Å². The molecule has 0 aliphatic carbocycles. The standard InChI is InChI=1S/C13H13BrFNOS/c1-8(16)9-2-3-13(12(15)4-9)17-6-11-5-10(14)7-18-11/h2-5,7-8H,6,16H2,1H3/t8-/m0/s1. The van der Waals surface area contributed by atoms with E-state index in [-0.39, 0.29) is 17.6 Å². The summed E-state index contributed by atoms with van der Waals surface area (Å²) in [5, 5.41) is 1.97. The average Bonchev–Trinajstić information content (AvgIpc) is 2.73. The van der Waals surface area contributed by atoms with Gasteiger partial charge in [-0.25, -0.2) is 4.39 Å². The van der Waals surface area contributed by atoms with Crippen molar-refractivity contribution in [3.05, 3.63) is 50.4 Å². The number of thiophene rings is 1. The molecule has 0 amide bonds. The van der Waals surface area contributed by atoms with Crippen molar-refractivity contribution < 1.29 is 9.13 Å². The number of hydrogen-bond donors (Lipinski definition) is 1. The molecule has 96 valence electrons. The van der Waals surface area contributed by atoms with Crippen molar-refractivity contribution in [1.29, 1.82) is 0 Å². The molecule has 0 radical (unpaired) electrons. The van der Waals surface area contributed by atoms with Crippen molar-refractivity contribution in [1.82, 2.24) is 0 Å². The largest absolute Gasteiger partial charge is 0.485 e. The van der Waals surface area contributed by atoms with E-state index in [1.54, 1.807) is 23.5 Å². The monoisotopic (exact) mass is 329 g/mol. The summed E-state index contributed by atoms with van der Waals surface area (Å²) in [5.41, 5.74) is 6.45. The molecule has 0 fully saturated rings. The first-order chi connectivity index (χ1) is 8.56. The Morgan fingerprint density at radius 1 is 1.44 bits per heavy atom. The van der Waals surface area contributed by atoms with Gasteiger partial charge in [-0.3, -0.25) is 0 Å². The lowest BCUT2D eigenvalue weighted by molar-refractivity contribution is 0.293. The molecule has 1 heterocycles. The van der Waals surface area contributed by atoms with E-state index in [1.807, 2.05) is 18.4 Å². The molecule has 1 atom stereocenters. The second kappa shape index (κ2) is 5.82. The molecule has 2 N–H and O–H groups in total. The van der Waals surface area contributed by atoms with Crippen LogP contribution < -0.4 is 10.5 Å². The molecule has 1 aromatic heterocycles. The lowest BCUT2D eigenvalue weighted by Crippen LogP contribution is -2.05. The van der Waals surface area contributed by atoms with E-state index in [2.05, 4.69) is 15.9 Å². The predicted molar refractivity (Wildman–Crippen MR) is 75.4 cm³/mol. The summed E-state index contributed by atoms with van der Waals surface area (Å²) in [5.74, 6) is -0.121. The van der Waals surface area contributed by atoms with Crippen LogP contribution in [0.5, 0.6) is 5.75 Å². The van der Waals surface area contributed by atoms with Gasteiger partial charge < -0.3 is 10.5 Å². The number of hydrogen-bond acceptors (Lipinski definition) is 3. The number of rotatable bonds is 4. The van der Waals surface area contributed by atoms with Gasteiger partial charge in [-0.05, 0) is 46.6 Å². The zero-order valence-corrected chi connectivity index (χ0v) is 12.2. The smallest absolute Gasteiger partial charge is 0.165 e. The normalized spacial score (nSPS) is 12.4.